The van der Waals surface area contributed by atoms with Crippen molar-refractivity contribution < 1.29 is 9.47 Å². The van der Waals surface area contributed by atoms with Gasteiger partial charge in [0, 0.05) is 5.75 Å². The van der Waals surface area contributed by atoms with Crippen molar-refractivity contribution in [2.45, 2.75) is 37.8 Å². The van der Waals surface area contributed by atoms with Crippen LogP contribution in [-0.2, 0) is 5.75 Å². The number of ether oxygens (including phenoxy) is 2. The van der Waals surface area contributed by atoms with Crippen molar-refractivity contribution in [3.8, 4) is 11.5 Å². The van der Waals surface area contributed by atoms with Gasteiger partial charge in [-0.2, -0.15) is 9.78 Å². The molecule has 146 valence electrons. The summed E-state index contributed by atoms with van der Waals surface area (Å²) in [5.74, 6) is 2.94. The number of methoxy groups -OCH3 is 1. The molecule has 2 aromatic carbocycles. The van der Waals surface area contributed by atoms with Crippen LogP contribution in [0, 0.1) is 6.92 Å². The number of aromatic nitrogens is 3. The topological polar surface area (TPSA) is 61.5 Å². The van der Waals surface area contributed by atoms with E-state index in [2.05, 4.69) is 27.4 Å². The lowest BCUT2D eigenvalue weighted by molar-refractivity contribution is 0.230. The Morgan fingerprint density at radius 3 is 2.61 bits per heavy atom. The number of hydrogen-bond acceptors (Lipinski definition) is 6. The van der Waals surface area contributed by atoms with Crippen LogP contribution in [0.1, 0.15) is 30.8 Å². The summed E-state index contributed by atoms with van der Waals surface area (Å²) in [6.07, 6.45) is 1.85. The predicted octanol–water partition coefficient (Wildman–Crippen LogP) is 4.56. The highest BCUT2D eigenvalue weighted by Crippen LogP contribution is 2.28. The molecule has 28 heavy (non-hydrogen) atoms. The van der Waals surface area contributed by atoms with Crippen LogP contribution in [0.2, 0.25) is 0 Å². The van der Waals surface area contributed by atoms with E-state index < -0.39 is 0 Å². The quantitative estimate of drug-likeness (QED) is 0.413. The van der Waals surface area contributed by atoms with Gasteiger partial charge in [0.2, 0.25) is 5.16 Å². The molecule has 1 aromatic heterocycles. The summed E-state index contributed by atoms with van der Waals surface area (Å²) >= 11 is 1.60. The number of thioether (sulfide) groups is 1. The molecule has 0 fully saturated rings. The van der Waals surface area contributed by atoms with Gasteiger partial charge in [0.1, 0.15) is 0 Å². The highest BCUT2D eigenvalue weighted by molar-refractivity contribution is 7.98. The van der Waals surface area contributed by atoms with Gasteiger partial charge in [0.05, 0.1) is 19.4 Å². The average Bonchev–Trinajstić information content (AvgIpc) is 3.05. The maximum Gasteiger partial charge on any atom is 0.212 e. The van der Waals surface area contributed by atoms with Crippen LogP contribution in [0.3, 0.4) is 0 Å². The zero-order chi connectivity index (χ0) is 19.9. The van der Waals surface area contributed by atoms with Gasteiger partial charge in [-0.15, -0.1) is 10.2 Å². The van der Waals surface area contributed by atoms with E-state index in [1.54, 1.807) is 29.8 Å². The molecular formula is C21H24N4O2S. The van der Waals surface area contributed by atoms with Crippen LogP contribution in [0.25, 0.3) is 0 Å². The van der Waals surface area contributed by atoms with Gasteiger partial charge in [0.15, 0.2) is 17.3 Å². The maximum atomic E-state index is 5.76. The third-order valence-corrected chi connectivity index (χ3v) is 4.84. The minimum Gasteiger partial charge on any atom is -0.493 e. The zero-order valence-electron chi connectivity index (χ0n) is 16.5. The highest BCUT2D eigenvalue weighted by Gasteiger charge is 2.10. The Morgan fingerprint density at radius 1 is 1.11 bits per heavy atom. The lowest BCUT2D eigenvalue weighted by Crippen LogP contribution is -2.06. The second-order valence-electron chi connectivity index (χ2n) is 6.44. The monoisotopic (exact) mass is 396 g/mol. The van der Waals surface area contributed by atoms with Crippen molar-refractivity contribution in [3.05, 3.63) is 65.5 Å². The van der Waals surface area contributed by atoms with E-state index in [9.17, 15) is 0 Å². The predicted molar refractivity (Wildman–Crippen MR) is 113 cm³/mol. The normalized spacial score (nSPS) is 11.3. The fraction of sp³-hybridized carbons (Fsp3) is 0.286. The highest BCUT2D eigenvalue weighted by atomic mass is 32.2. The van der Waals surface area contributed by atoms with E-state index >= 15 is 0 Å². The fourth-order valence-corrected chi connectivity index (χ4v) is 3.41. The molecule has 1 heterocycles. The van der Waals surface area contributed by atoms with E-state index in [-0.39, 0.29) is 6.10 Å². The molecule has 0 N–H and O–H groups in total. The molecule has 0 saturated carbocycles. The largest absolute Gasteiger partial charge is 0.493 e. The van der Waals surface area contributed by atoms with Crippen molar-refractivity contribution in [2.24, 2.45) is 5.10 Å². The van der Waals surface area contributed by atoms with Crippen LogP contribution in [0.15, 0.2) is 58.8 Å². The molecule has 7 heteroatoms. The standard InChI is InChI=1S/C21H24N4O2S/c1-15(2)27-19-11-10-18(12-20(19)26-4)13-22-25-16(3)23-24-21(25)28-14-17-8-6-5-7-9-17/h5-13,15H,14H2,1-4H3/b22-13+. The van der Waals surface area contributed by atoms with Gasteiger partial charge in [-0.05, 0) is 50.1 Å². The SMILES string of the molecule is COc1cc(/C=N/n2c(C)nnc2SCc2ccccc2)ccc1OC(C)C. The number of rotatable bonds is 8. The summed E-state index contributed by atoms with van der Waals surface area (Å²) in [5.41, 5.74) is 2.13. The van der Waals surface area contributed by atoms with E-state index in [1.165, 1.54) is 5.56 Å². The maximum absolute atomic E-state index is 5.76. The molecule has 0 atom stereocenters. The minimum absolute atomic E-state index is 0.0808. The molecule has 0 radical (unpaired) electrons. The Morgan fingerprint density at radius 2 is 1.89 bits per heavy atom. The van der Waals surface area contributed by atoms with Crippen LogP contribution < -0.4 is 9.47 Å². The molecule has 0 bridgehead atoms. The summed E-state index contributed by atoms with van der Waals surface area (Å²) in [5, 5.41) is 13.7. The van der Waals surface area contributed by atoms with Crippen LogP contribution in [-0.4, -0.2) is 34.3 Å². The van der Waals surface area contributed by atoms with Crippen LogP contribution in [0.5, 0.6) is 11.5 Å². The molecule has 0 aliphatic heterocycles. The Bertz CT molecular complexity index is 939. The molecule has 0 saturated heterocycles. The first kappa shape index (κ1) is 19.9. The second-order valence-corrected chi connectivity index (χ2v) is 7.38. The Kier molecular flexibility index (Phi) is 6.71. The molecule has 0 spiro atoms. The molecule has 0 amide bonds. The van der Waals surface area contributed by atoms with Gasteiger partial charge in [0.25, 0.3) is 0 Å². The molecular weight excluding hydrogens is 372 g/mol. The molecule has 0 aliphatic carbocycles. The van der Waals surface area contributed by atoms with E-state index in [0.29, 0.717) is 11.5 Å². The number of aryl methyl sites for hydroxylation is 1. The zero-order valence-corrected chi connectivity index (χ0v) is 17.3. The van der Waals surface area contributed by atoms with Crippen LogP contribution >= 0.6 is 11.8 Å². The first-order valence-corrected chi connectivity index (χ1v) is 10.0. The van der Waals surface area contributed by atoms with E-state index in [4.69, 9.17) is 9.47 Å². The summed E-state index contributed by atoms with van der Waals surface area (Å²) in [7, 11) is 1.63. The summed E-state index contributed by atoms with van der Waals surface area (Å²) in [6.45, 7) is 5.85. The molecule has 3 aromatic rings. The first-order chi connectivity index (χ1) is 13.6. The number of benzene rings is 2. The van der Waals surface area contributed by atoms with Gasteiger partial charge < -0.3 is 9.47 Å². The molecule has 0 aliphatic rings. The number of nitrogens with zero attached hydrogens (tertiary/aromatic N) is 4. The second kappa shape index (κ2) is 9.41. The fourth-order valence-electron chi connectivity index (χ4n) is 2.52. The van der Waals surface area contributed by atoms with Crippen molar-refractivity contribution in [2.75, 3.05) is 7.11 Å². The van der Waals surface area contributed by atoms with Gasteiger partial charge in [-0.3, -0.25) is 0 Å². The Balaban J connectivity index is 1.76. The van der Waals surface area contributed by atoms with Gasteiger partial charge >= 0.3 is 0 Å². The van der Waals surface area contributed by atoms with Gasteiger partial charge in [-0.1, -0.05) is 42.1 Å². The van der Waals surface area contributed by atoms with E-state index in [0.717, 1.165) is 22.3 Å². The minimum atomic E-state index is 0.0808. The number of hydrogen-bond donors (Lipinski definition) is 0. The first-order valence-electron chi connectivity index (χ1n) is 9.04. The molecule has 0 unspecified atom stereocenters. The molecule has 6 nitrogen and oxygen atoms in total. The third kappa shape index (κ3) is 5.13. The summed E-state index contributed by atoms with van der Waals surface area (Å²) < 4.78 is 12.9. The van der Waals surface area contributed by atoms with Crippen LogP contribution in [0.4, 0.5) is 0 Å². The summed E-state index contributed by atoms with van der Waals surface area (Å²) in [4.78, 5) is 0. The van der Waals surface area contributed by atoms with Crippen molar-refractivity contribution >= 4 is 18.0 Å². The van der Waals surface area contributed by atoms with Gasteiger partial charge in [-0.25, -0.2) is 0 Å². The Labute approximate surface area is 169 Å². The lowest BCUT2D eigenvalue weighted by Gasteiger charge is -2.13. The van der Waals surface area contributed by atoms with Crippen molar-refractivity contribution in [3.63, 3.8) is 0 Å². The summed E-state index contributed by atoms with van der Waals surface area (Å²) in [6, 6.07) is 16.0. The Hall–Kier alpha value is -2.80. The van der Waals surface area contributed by atoms with Crippen molar-refractivity contribution in [1.82, 2.24) is 14.9 Å². The average molecular weight is 397 g/mol. The smallest absolute Gasteiger partial charge is 0.212 e. The molecule has 3 rings (SSSR count). The van der Waals surface area contributed by atoms with Crippen molar-refractivity contribution in [1.29, 1.82) is 0 Å². The van der Waals surface area contributed by atoms with E-state index in [1.807, 2.05) is 57.2 Å². The third-order valence-electron chi connectivity index (χ3n) is 3.85. The lowest BCUT2D eigenvalue weighted by atomic mass is 10.2.